The molecule has 2 N–H and O–H groups in total. The Hall–Kier alpha value is -2.70. The van der Waals surface area contributed by atoms with Crippen LogP contribution in [0.2, 0.25) is 0 Å². The Balaban J connectivity index is 1.56. The Morgan fingerprint density at radius 3 is 2.65 bits per heavy atom. The summed E-state index contributed by atoms with van der Waals surface area (Å²) < 4.78 is 0. The zero-order valence-corrected chi connectivity index (χ0v) is 20.5. The summed E-state index contributed by atoms with van der Waals surface area (Å²) in [5, 5.41) is 12.2. The van der Waals surface area contributed by atoms with Gasteiger partial charge in [-0.05, 0) is 61.0 Å². The minimum atomic E-state index is -0.520. The van der Waals surface area contributed by atoms with E-state index in [0.717, 1.165) is 19.3 Å². The molecule has 0 saturated heterocycles. The number of ketones is 2. The number of nitrogens with one attached hydrogen (secondary N) is 2. The van der Waals surface area contributed by atoms with Crippen molar-refractivity contribution in [2.45, 2.75) is 58.5 Å². The lowest BCUT2D eigenvalue weighted by molar-refractivity contribution is -0.119. The van der Waals surface area contributed by atoms with Crippen LogP contribution in [0.5, 0.6) is 0 Å². The van der Waals surface area contributed by atoms with Gasteiger partial charge < -0.3 is 10.6 Å². The van der Waals surface area contributed by atoms with Gasteiger partial charge in [-0.1, -0.05) is 73.6 Å². The molecule has 6 nitrogen and oxygen atoms in total. The van der Waals surface area contributed by atoms with Gasteiger partial charge in [-0.15, -0.1) is 0 Å². The van der Waals surface area contributed by atoms with Gasteiger partial charge in [-0.2, -0.15) is 4.91 Å². The van der Waals surface area contributed by atoms with E-state index in [1.54, 1.807) is 6.92 Å². The lowest BCUT2D eigenvalue weighted by Gasteiger charge is -2.23. The summed E-state index contributed by atoms with van der Waals surface area (Å²) in [6.45, 7) is 7.63. The standard InChI is InChI=1S/C28H37N3O3/c1-20(32)19-29-15-6-16-30-27-24(25(31-34)18-26(27)33)12-14-28(2,3)13-11-21-9-10-22-7-4-5-8-23(22)17-21/h4-5,7-10,12,14,17,24-25,27,29-30H,6,11,13,15-16,18-19H2,1-3H3/b14-12+/t24-,25+,27+/m0/s1. The Kier molecular flexibility index (Phi) is 9.25. The Morgan fingerprint density at radius 1 is 1.15 bits per heavy atom. The monoisotopic (exact) mass is 463 g/mol. The molecule has 0 aromatic heterocycles. The van der Waals surface area contributed by atoms with Crippen molar-refractivity contribution in [2.24, 2.45) is 16.5 Å². The molecule has 2 aromatic rings. The molecule has 0 unspecified atom stereocenters. The highest BCUT2D eigenvalue weighted by molar-refractivity contribution is 5.88. The van der Waals surface area contributed by atoms with E-state index in [2.05, 4.69) is 78.2 Å². The first-order valence-electron chi connectivity index (χ1n) is 12.2. The molecule has 1 saturated carbocycles. The average Bonchev–Trinajstić information content (AvgIpc) is 3.12. The summed E-state index contributed by atoms with van der Waals surface area (Å²) in [5.41, 5.74) is 1.23. The van der Waals surface area contributed by atoms with Crippen LogP contribution < -0.4 is 10.6 Å². The van der Waals surface area contributed by atoms with Gasteiger partial charge in [0.25, 0.3) is 0 Å². The Morgan fingerprint density at radius 2 is 1.91 bits per heavy atom. The highest BCUT2D eigenvalue weighted by Crippen LogP contribution is 2.31. The molecule has 2 aromatic carbocycles. The first-order valence-corrected chi connectivity index (χ1v) is 12.2. The van der Waals surface area contributed by atoms with Gasteiger partial charge >= 0.3 is 0 Å². The highest BCUT2D eigenvalue weighted by Gasteiger charge is 2.41. The second-order valence-electron chi connectivity index (χ2n) is 10.1. The molecule has 34 heavy (non-hydrogen) atoms. The third-order valence-electron chi connectivity index (χ3n) is 6.63. The summed E-state index contributed by atoms with van der Waals surface area (Å²) in [6.07, 6.45) is 7.08. The lowest BCUT2D eigenvalue weighted by Crippen LogP contribution is -2.40. The SMILES string of the molecule is CC(=O)CNCCCN[C@H]1C(=O)C[C@@H](N=O)[C@@H]1/C=C/C(C)(C)CCc1ccc2ccccc2c1. The third kappa shape index (κ3) is 7.40. The quantitative estimate of drug-likeness (QED) is 0.257. The molecule has 182 valence electrons. The minimum absolute atomic E-state index is 0.0462. The van der Waals surface area contributed by atoms with Gasteiger partial charge in [-0.25, -0.2) is 0 Å². The van der Waals surface area contributed by atoms with E-state index in [9.17, 15) is 14.5 Å². The van der Waals surface area contributed by atoms with Crippen LogP contribution >= 0.6 is 0 Å². The molecule has 1 fully saturated rings. The maximum Gasteiger partial charge on any atom is 0.152 e. The average molecular weight is 464 g/mol. The van der Waals surface area contributed by atoms with E-state index < -0.39 is 6.04 Å². The first kappa shape index (κ1) is 25.9. The van der Waals surface area contributed by atoms with Gasteiger partial charge in [0.05, 0.1) is 12.6 Å². The van der Waals surface area contributed by atoms with Crippen molar-refractivity contribution < 1.29 is 9.59 Å². The smallest absolute Gasteiger partial charge is 0.152 e. The predicted octanol–water partition coefficient (Wildman–Crippen LogP) is 4.61. The second-order valence-corrected chi connectivity index (χ2v) is 10.1. The van der Waals surface area contributed by atoms with Gasteiger partial charge in [0.15, 0.2) is 5.78 Å². The number of aryl methyl sites for hydroxylation is 1. The van der Waals surface area contributed by atoms with Gasteiger partial charge in [0, 0.05) is 12.3 Å². The zero-order chi connectivity index (χ0) is 24.6. The fourth-order valence-electron chi connectivity index (χ4n) is 4.55. The van der Waals surface area contributed by atoms with E-state index in [-0.39, 0.29) is 35.4 Å². The molecular weight excluding hydrogens is 426 g/mol. The van der Waals surface area contributed by atoms with E-state index in [1.165, 1.54) is 16.3 Å². The van der Waals surface area contributed by atoms with Crippen LogP contribution in [0.3, 0.4) is 0 Å². The molecule has 0 spiro atoms. The number of carbonyl (C=O) groups excluding carboxylic acids is 2. The molecule has 1 aliphatic carbocycles. The third-order valence-corrected chi connectivity index (χ3v) is 6.63. The second kappa shape index (κ2) is 12.1. The number of allylic oxidation sites excluding steroid dienone is 1. The van der Waals surface area contributed by atoms with E-state index in [1.807, 2.05) is 6.08 Å². The molecule has 1 aliphatic rings. The normalized spacial score (nSPS) is 20.9. The lowest BCUT2D eigenvalue weighted by atomic mass is 9.84. The fourth-order valence-corrected chi connectivity index (χ4v) is 4.55. The number of Topliss-reactive ketones (excluding diaryl/α,β-unsaturated/α-hetero) is 2. The number of nitrogens with zero attached hydrogens (tertiary/aromatic N) is 1. The van der Waals surface area contributed by atoms with E-state index in [4.69, 9.17) is 0 Å². The van der Waals surface area contributed by atoms with Crippen LogP contribution in [0.25, 0.3) is 10.8 Å². The maximum atomic E-state index is 12.5. The van der Waals surface area contributed by atoms with Crippen molar-refractivity contribution in [3.8, 4) is 0 Å². The number of nitroso groups, excluding NO2 is 1. The van der Waals surface area contributed by atoms with Crippen LogP contribution in [0.1, 0.15) is 45.6 Å². The highest BCUT2D eigenvalue weighted by atomic mass is 16.3. The molecule has 0 radical (unpaired) electrons. The summed E-state index contributed by atoms with van der Waals surface area (Å²) in [7, 11) is 0. The maximum absolute atomic E-state index is 12.5. The topological polar surface area (TPSA) is 87.6 Å². The van der Waals surface area contributed by atoms with Crippen LogP contribution in [0.4, 0.5) is 0 Å². The summed E-state index contributed by atoms with van der Waals surface area (Å²) >= 11 is 0. The molecule has 6 heteroatoms. The molecule has 0 amide bonds. The van der Waals surface area contributed by atoms with Gasteiger partial charge in [0.1, 0.15) is 11.8 Å². The number of fused-ring (bicyclic) bond motifs is 1. The summed E-state index contributed by atoms with van der Waals surface area (Å²) in [4.78, 5) is 35.0. The van der Waals surface area contributed by atoms with Crippen LogP contribution in [-0.2, 0) is 16.0 Å². The first-order chi connectivity index (χ1) is 16.3. The van der Waals surface area contributed by atoms with Crippen molar-refractivity contribution >= 4 is 22.3 Å². The number of hydrogen-bond acceptors (Lipinski definition) is 6. The predicted molar refractivity (Wildman–Crippen MR) is 138 cm³/mol. The minimum Gasteiger partial charge on any atom is -0.310 e. The number of rotatable bonds is 13. The van der Waals surface area contributed by atoms with Crippen molar-refractivity contribution in [1.82, 2.24) is 10.6 Å². The van der Waals surface area contributed by atoms with Gasteiger partial charge in [0.2, 0.25) is 0 Å². The van der Waals surface area contributed by atoms with Crippen LogP contribution in [0, 0.1) is 16.2 Å². The number of hydrogen-bond donors (Lipinski definition) is 2. The molecule has 3 atom stereocenters. The van der Waals surface area contributed by atoms with Crippen molar-refractivity contribution in [3.05, 3.63) is 65.1 Å². The van der Waals surface area contributed by atoms with Crippen LogP contribution in [0.15, 0.2) is 59.8 Å². The molecule has 0 heterocycles. The number of carbonyl (C=O) groups is 2. The summed E-state index contributed by atoms with van der Waals surface area (Å²) in [6, 6.07) is 14.1. The Labute approximate surface area is 202 Å². The fraction of sp³-hybridized carbons (Fsp3) is 0.500. The number of benzene rings is 2. The Bertz CT molecular complexity index is 1030. The van der Waals surface area contributed by atoms with Crippen molar-refractivity contribution in [1.29, 1.82) is 0 Å². The molecule has 3 rings (SSSR count). The summed E-state index contributed by atoms with van der Waals surface area (Å²) in [5.74, 6) is -0.0766. The molecule has 0 aliphatic heterocycles. The van der Waals surface area contributed by atoms with E-state index >= 15 is 0 Å². The van der Waals surface area contributed by atoms with Crippen LogP contribution in [-0.4, -0.2) is 43.3 Å². The van der Waals surface area contributed by atoms with Crippen molar-refractivity contribution in [3.63, 3.8) is 0 Å². The molecular formula is C28H37N3O3. The largest absolute Gasteiger partial charge is 0.310 e. The molecule has 0 bridgehead atoms. The zero-order valence-electron chi connectivity index (χ0n) is 20.5. The van der Waals surface area contributed by atoms with Crippen molar-refractivity contribution in [2.75, 3.05) is 19.6 Å². The van der Waals surface area contributed by atoms with E-state index in [0.29, 0.717) is 19.6 Å². The van der Waals surface area contributed by atoms with Gasteiger partial charge in [-0.3, -0.25) is 9.59 Å².